The van der Waals surface area contributed by atoms with Gasteiger partial charge >= 0.3 is 5.91 Å². The lowest BCUT2D eigenvalue weighted by atomic mass is 10.2. The number of fused-ring (bicyclic) bond motifs is 1. The Hall–Kier alpha value is -2.65. The van der Waals surface area contributed by atoms with Crippen LogP contribution in [-0.4, -0.2) is 12.1 Å². The van der Waals surface area contributed by atoms with Gasteiger partial charge in [0.2, 0.25) is 0 Å². The number of ether oxygens (including phenoxy) is 1. The molecule has 1 aromatic heterocycles. The predicted molar refractivity (Wildman–Crippen MR) is 125 cm³/mol. The second-order valence-corrected chi connectivity index (χ2v) is 8.18. The van der Waals surface area contributed by atoms with Crippen LogP contribution in [0.2, 0.25) is 0 Å². The van der Waals surface area contributed by atoms with Crippen LogP contribution in [0.3, 0.4) is 0 Å². The third kappa shape index (κ3) is 4.86. The van der Waals surface area contributed by atoms with Crippen molar-refractivity contribution in [1.82, 2.24) is 5.43 Å². The Morgan fingerprint density at radius 2 is 1.83 bits per heavy atom. The first-order valence-corrected chi connectivity index (χ1v) is 10.5. The van der Waals surface area contributed by atoms with Crippen molar-refractivity contribution in [2.45, 2.75) is 0 Å². The summed E-state index contributed by atoms with van der Waals surface area (Å²) >= 11 is 5.61. The smallest absolute Gasteiger partial charge is 0.307 e. The topological polar surface area (TPSA) is 63.8 Å². The molecule has 7 heteroatoms. The van der Waals surface area contributed by atoms with E-state index in [1.165, 1.54) is 0 Å². The van der Waals surface area contributed by atoms with E-state index in [2.05, 4.69) is 49.0 Å². The van der Waals surface area contributed by atoms with Crippen LogP contribution in [0.25, 0.3) is 11.0 Å². The monoisotopic (exact) mass is 560 g/mol. The third-order valence-electron chi connectivity index (χ3n) is 3.98. The van der Waals surface area contributed by atoms with Gasteiger partial charge in [-0.25, -0.2) is 5.43 Å². The molecule has 144 valence electrons. The van der Waals surface area contributed by atoms with Crippen LogP contribution >= 0.6 is 38.5 Å². The van der Waals surface area contributed by atoms with Crippen LogP contribution in [0.5, 0.6) is 11.5 Å². The molecule has 0 radical (unpaired) electrons. The highest BCUT2D eigenvalue weighted by Gasteiger charge is 2.14. The van der Waals surface area contributed by atoms with Gasteiger partial charge in [-0.05, 0) is 70.6 Å². The SMILES string of the molecule is O=C(N/N=C\c1cccc(Oc2ccccc2)c1)c1cc2cc(Br)cc(I)c2o1. The van der Waals surface area contributed by atoms with E-state index in [4.69, 9.17) is 9.15 Å². The summed E-state index contributed by atoms with van der Waals surface area (Å²) in [6, 6.07) is 22.5. The molecule has 1 heterocycles. The van der Waals surface area contributed by atoms with Crippen molar-refractivity contribution in [2.75, 3.05) is 0 Å². The van der Waals surface area contributed by atoms with E-state index in [-0.39, 0.29) is 5.76 Å². The molecule has 0 aliphatic carbocycles. The standard InChI is InChI=1S/C22H14BrIN2O3/c23-16-10-15-11-20(29-21(15)19(24)12-16)22(27)26-25-13-14-5-4-8-18(9-14)28-17-6-2-1-3-7-17/h1-13H,(H,26,27)/b25-13-. The Kier molecular flexibility index (Phi) is 5.96. The Bertz CT molecular complexity index is 1210. The number of rotatable bonds is 5. The number of nitrogens with one attached hydrogen (secondary N) is 1. The number of hydrogen-bond donors (Lipinski definition) is 1. The van der Waals surface area contributed by atoms with E-state index in [0.29, 0.717) is 11.3 Å². The van der Waals surface area contributed by atoms with Crippen LogP contribution in [0.4, 0.5) is 0 Å². The summed E-state index contributed by atoms with van der Waals surface area (Å²) in [5, 5.41) is 4.88. The molecule has 0 saturated carbocycles. The molecule has 1 amide bonds. The summed E-state index contributed by atoms with van der Waals surface area (Å²) in [7, 11) is 0. The number of benzene rings is 3. The Morgan fingerprint density at radius 1 is 1.03 bits per heavy atom. The first-order chi connectivity index (χ1) is 14.1. The molecule has 0 atom stereocenters. The average Bonchev–Trinajstić information content (AvgIpc) is 3.14. The first-order valence-electron chi connectivity index (χ1n) is 8.63. The molecule has 1 N–H and O–H groups in total. The normalized spacial score (nSPS) is 11.1. The summed E-state index contributed by atoms with van der Waals surface area (Å²) in [4.78, 5) is 12.4. The molecule has 4 aromatic rings. The molecule has 0 spiro atoms. The van der Waals surface area contributed by atoms with Gasteiger partial charge in [0.25, 0.3) is 0 Å². The maximum Gasteiger partial charge on any atom is 0.307 e. The van der Waals surface area contributed by atoms with Gasteiger partial charge in [0.05, 0.1) is 9.78 Å². The fourth-order valence-corrected chi connectivity index (χ4v) is 4.35. The average molecular weight is 561 g/mol. The number of hydrazone groups is 1. The number of nitrogens with zero attached hydrogens (tertiary/aromatic N) is 1. The van der Waals surface area contributed by atoms with E-state index in [1.807, 2.05) is 66.7 Å². The van der Waals surface area contributed by atoms with Crippen LogP contribution in [0.1, 0.15) is 16.1 Å². The number of halogens is 2. The lowest BCUT2D eigenvalue weighted by Crippen LogP contribution is -2.16. The molecule has 0 unspecified atom stereocenters. The highest BCUT2D eigenvalue weighted by atomic mass is 127. The summed E-state index contributed by atoms with van der Waals surface area (Å²) < 4.78 is 13.3. The maximum atomic E-state index is 12.4. The second-order valence-electron chi connectivity index (χ2n) is 6.10. The van der Waals surface area contributed by atoms with E-state index < -0.39 is 5.91 Å². The number of amides is 1. The number of carbonyl (C=O) groups is 1. The molecular formula is C22H14BrIN2O3. The molecule has 4 rings (SSSR count). The summed E-state index contributed by atoms with van der Waals surface area (Å²) in [6.45, 7) is 0. The minimum Gasteiger partial charge on any atom is -0.457 e. The molecule has 3 aromatic carbocycles. The zero-order valence-electron chi connectivity index (χ0n) is 14.9. The lowest BCUT2D eigenvalue weighted by Gasteiger charge is -2.05. The third-order valence-corrected chi connectivity index (χ3v) is 5.24. The van der Waals surface area contributed by atoms with Crippen LogP contribution in [0.15, 0.2) is 86.8 Å². The lowest BCUT2D eigenvalue weighted by molar-refractivity contribution is 0.0929. The van der Waals surface area contributed by atoms with Crippen molar-refractivity contribution in [2.24, 2.45) is 5.10 Å². The van der Waals surface area contributed by atoms with E-state index in [1.54, 1.807) is 12.3 Å². The van der Waals surface area contributed by atoms with Crippen molar-refractivity contribution in [1.29, 1.82) is 0 Å². The van der Waals surface area contributed by atoms with E-state index in [0.717, 1.165) is 24.7 Å². The molecule has 5 nitrogen and oxygen atoms in total. The Labute approximate surface area is 189 Å². The maximum absolute atomic E-state index is 12.4. The second kappa shape index (κ2) is 8.79. The quantitative estimate of drug-likeness (QED) is 0.176. The van der Waals surface area contributed by atoms with Gasteiger partial charge in [-0.1, -0.05) is 46.3 Å². The number of furan rings is 1. The molecule has 29 heavy (non-hydrogen) atoms. The van der Waals surface area contributed by atoms with Crippen molar-refractivity contribution in [3.63, 3.8) is 0 Å². The predicted octanol–water partition coefficient (Wildman–Crippen LogP) is 6.36. The minimum atomic E-state index is -0.416. The van der Waals surface area contributed by atoms with Gasteiger partial charge in [0, 0.05) is 9.86 Å². The Balaban J connectivity index is 1.44. The van der Waals surface area contributed by atoms with Crippen molar-refractivity contribution in [3.05, 3.63) is 92.2 Å². The van der Waals surface area contributed by atoms with Gasteiger partial charge in [0.1, 0.15) is 17.1 Å². The molecule has 0 bridgehead atoms. The van der Waals surface area contributed by atoms with Gasteiger partial charge in [-0.15, -0.1) is 0 Å². The summed E-state index contributed by atoms with van der Waals surface area (Å²) in [5.41, 5.74) is 3.96. The van der Waals surface area contributed by atoms with Gasteiger partial charge in [-0.2, -0.15) is 5.10 Å². The van der Waals surface area contributed by atoms with E-state index in [9.17, 15) is 4.79 Å². The van der Waals surface area contributed by atoms with Gasteiger partial charge in [-0.3, -0.25) is 4.79 Å². The summed E-state index contributed by atoms with van der Waals surface area (Å²) in [5.74, 6) is 1.22. The van der Waals surface area contributed by atoms with Gasteiger partial charge < -0.3 is 9.15 Å². The molecule has 0 aliphatic heterocycles. The van der Waals surface area contributed by atoms with Crippen LogP contribution in [-0.2, 0) is 0 Å². The zero-order chi connectivity index (χ0) is 20.2. The largest absolute Gasteiger partial charge is 0.457 e. The number of hydrogen-bond acceptors (Lipinski definition) is 4. The van der Waals surface area contributed by atoms with Crippen molar-refractivity contribution >= 4 is 61.6 Å². The van der Waals surface area contributed by atoms with Crippen LogP contribution < -0.4 is 10.2 Å². The molecule has 0 aliphatic rings. The minimum absolute atomic E-state index is 0.203. The zero-order valence-corrected chi connectivity index (χ0v) is 18.7. The van der Waals surface area contributed by atoms with Crippen molar-refractivity contribution < 1.29 is 13.9 Å². The number of carbonyl (C=O) groups excluding carboxylic acids is 1. The van der Waals surface area contributed by atoms with E-state index >= 15 is 0 Å². The first kappa shape index (κ1) is 19.7. The molecule has 0 saturated heterocycles. The van der Waals surface area contributed by atoms with Crippen molar-refractivity contribution in [3.8, 4) is 11.5 Å². The Morgan fingerprint density at radius 3 is 2.66 bits per heavy atom. The fraction of sp³-hybridized carbons (Fsp3) is 0. The number of para-hydroxylation sites is 1. The fourth-order valence-electron chi connectivity index (χ4n) is 2.69. The highest BCUT2D eigenvalue weighted by molar-refractivity contribution is 14.1. The van der Waals surface area contributed by atoms with Crippen LogP contribution in [0, 0.1) is 3.57 Å². The highest BCUT2D eigenvalue weighted by Crippen LogP contribution is 2.28. The summed E-state index contributed by atoms with van der Waals surface area (Å²) in [6.07, 6.45) is 1.55. The molecule has 0 fully saturated rings. The van der Waals surface area contributed by atoms with Gasteiger partial charge in [0.15, 0.2) is 5.76 Å². The molecular weight excluding hydrogens is 547 g/mol.